The number of aromatic nitrogens is 1. The van der Waals surface area contributed by atoms with Gasteiger partial charge in [0.25, 0.3) is 0 Å². The molecule has 0 unspecified atom stereocenters. The van der Waals surface area contributed by atoms with Gasteiger partial charge in [-0.2, -0.15) is 9.57 Å². The monoisotopic (exact) mass is 399 g/mol. The summed E-state index contributed by atoms with van der Waals surface area (Å²) in [4.78, 5) is 1.29. The van der Waals surface area contributed by atoms with Crippen LogP contribution in [0.25, 0.3) is 11.5 Å². The van der Waals surface area contributed by atoms with Crippen molar-refractivity contribution in [1.29, 1.82) is 5.26 Å². The molecule has 1 aromatic carbocycles. The molecular formula is C19H19N4O4S+. The lowest BCUT2D eigenvalue weighted by atomic mass is 10.2. The fourth-order valence-corrected chi connectivity index (χ4v) is 4.91. The summed E-state index contributed by atoms with van der Waals surface area (Å²) in [6.45, 7) is 2.72. The Kier molecular flexibility index (Phi) is 5.00. The van der Waals surface area contributed by atoms with Gasteiger partial charge in [0, 0.05) is 6.07 Å². The van der Waals surface area contributed by atoms with Crippen molar-refractivity contribution >= 4 is 10.0 Å². The van der Waals surface area contributed by atoms with Gasteiger partial charge in [-0.3, -0.25) is 0 Å². The van der Waals surface area contributed by atoms with Gasteiger partial charge in [0.05, 0.1) is 42.9 Å². The maximum atomic E-state index is 12.9. The summed E-state index contributed by atoms with van der Waals surface area (Å²) in [6, 6.07) is 13.7. The van der Waals surface area contributed by atoms with Crippen molar-refractivity contribution in [3.8, 4) is 17.6 Å². The Balaban J connectivity index is 1.40. The van der Waals surface area contributed by atoms with E-state index in [-0.39, 0.29) is 10.5 Å². The Labute approximate surface area is 162 Å². The maximum absolute atomic E-state index is 12.9. The van der Waals surface area contributed by atoms with Crippen LogP contribution in [0.5, 0.6) is 0 Å². The zero-order valence-corrected chi connectivity index (χ0v) is 15.9. The lowest BCUT2D eigenvalue weighted by molar-refractivity contribution is -0.917. The van der Waals surface area contributed by atoms with Crippen LogP contribution in [0.1, 0.15) is 11.3 Å². The van der Waals surface area contributed by atoms with Gasteiger partial charge in [-0.25, -0.2) is 8.42 Å². The second-order valence-electron chi connectivity index (χ2n) is 6.60. The standard InChI is InChI=1S/C19H18N4O4S/c20-13-15-4-1-2-6-19(15)28(24,25)23-9-7-22(8-10-23)14-16-12-18(27-21-16)17-5-3-11-26-17/h1-6,11-12H,7-10,14H2/p+1. The SMILES string of the molecule is N#Cc1ccccc1S(=O)(=O)N1CC[NH+](Cc2cc(-c3ccco3)on2)CC1. The highest BCUT2D eigenvalue weighted by Crippen LogP contribution is 2.21. The van der Waals surface area contributed by atoms with Gasteiger partial charge >= 0.3 is 0 Å². The molecule has 1 saturated heterocycles. The second-order valence-corrected chi connectivity index (χ2v) is 8.50. The Hall–Kier alpha value is -2.93. The van der Waals surface area contributed by atoms with Crippen molar-refractivity contribution < 1.29 is 22.3 Å². The number of quaternary nitrogens is 1. The zero-order chi connectivity index (χ0) is 19.6. The molecular weight excluding hydrogens is 380 g/mol. The first kappa shape index (κ1) is 18.4. The Morgan fingerprint density at radius 1 is 1.14 bits per heavy atom. The minimum atomic E-state index is -3.68. The second kappa shape index (κ2) is 7.59. The van der Waals surface area contributed by atoms with Crippen LogP contribution in [-0.2, 0) is 16.6 Å². The highest BCUT2D eigenvalue weighted by Gasteiger charge is 2.32. The Morgan fingerprint density at radius 3 is 2.64 bits per heavy atom. The summed E-state index contributed by atoms with van der Waals surface area (Å²) >= 11 is 0. The van der Waals surface area contributed by atoms with Crippen molar-refractivity contribution in [1.82, 2.24) is 9.46 Å². The van der Waals surface area contributed by atoms with E-state index in [1.165, 1.54) is 21.3 Å². The van der Waals surface area contributed by atoms with E-state index < -0.39 is 10.0 Å². The molecule has 0 atom stereocenters. The van der Waals surface area contributed by atoms with E-state index in [9.17, 15) is 13.7 Å². The molecule has 3 heterocycles. The predicted molar refractivity (Wildman–Crippen MR) is 98.5 cm³/mol. The third-order valence-corrected chi connectivity index (χ3v) is 6.77. The predicted octanol–water partition coefficient (Wildman–Crippen LogP) is 0.896. The fraction of sp³-hybridized carbons (Fsp3) is 0.263. The molecule has 2 aromatic heterocycles. The zero-order valence-electron chi connectivity index (χ0n) is 15.0. The van der Waals surface area contributed by atoms with E-state index in [4.69, 9.17) is 8.94 Å². The van der Waals surface area contributed by atoms with Crippen molar-refractivity contribution in [2.24, 2.45) is 0 Å². The molecule has 0 amide bonds. The molecule has 1 aliphatic heterocycles. The van der Waals surface area contributed by atoms with Crippen LogP contribution in [-0.4, -0.2) is 44.1 Å². The first-order chi connectivity index (χ1) is 13.6. The van der Waals surface area contributed by atoms with E-state index in [1.807, 2.05) is 12.1 Å². The van der Waals surface area contributed by atoms with Crippen molar-refractivity contribution in [3.05, 3.63) is 60.0 Å². The van der Waals surface area contributed by atoms with Crippen LogP contribution < -0.4 is 4.90 Å². The molecule has 8 nitrogen and oxygen atoms in total. The summed E-state index contributed by atoms with van der Waals surface area (Å²) in [5.74, 6) is 1.20. The number of hydrogen-bond donors (Lipinski definition) is 1. The molecule has 0 bridgehead atoms. The summed E-state index contributed by atoms with van der Waals surface area (Å²) < 4.78 is 37.9. The minimum absolute atomic E-state index is 0.0699. The van der Waals surface area contributed by atoms with E-state index in [0.29, 0.717) is 44.2 Å². The van der Waals surface area contributed by atoms with Gasteiger partial charge in [0.1, 0.15) is 18.3 Å². The Bertz CT molecular complexity index is 1090. The maximum Gasteiger partial charge on any atom is 0.244 e. The molecule has 9 heteroatoms. The first-order valence-corrected chi connectivity index (χ1v) is 10.3. The number of sulfonamides is 1. The van der Waals surface area contributed by atoms with Gasteiger partial charge < -0.3 is 13.8 Å². The van der Waals surface area contributed by atoms with E-state index in [1.54, 1.807) is 30.5 Å². The number of benzene rings is 1. The number of rotatable bonds is 5. The molecule has 0 saturated carbocycles. The number of piperazine rings is 1. The van der Waals surface area contributed by atoms with Crippen LogP contribution in [0, 0.1) is 11.3 Å². The summed E-state index contributed by atoms with van der Waals surface area (Å²) in [7, 11) is -3.68. The number of nitrogens with one attached hydrogen (secondary N) is 1. The summed E-state index contributed by atoms with van der Waals surface area (Å²) in [5, 5.41) is 13.3. The van der Waals surface area contributed by atoms with Crippen LogP contribution in [0.3, 0.4) is 0 Å². The molecule has 144 valence electrons. The van der Waals surface area contributed by atoms with Gasteiger partial charge in [0.2, 0.25) is 15.8 Å². The van der Waals surface area contributed by atoms with Gasteiger partial charge in [0.15, 0.2) is 5.76 Å². The van der Waals surface area contributed by atoms with Crippen LogP contribution in [0.2, 0.25) is 0 Å². The lowest BCUT2D eigenvalue weighted by Gasteiger charge is -2.31. The summed E-state index contributed by atoms with van der Waals surface area (Å²) in [6.07, 6.45) is 1.58. The van der Waals surface area contributed by atoms with Crippen molar-refractivity contribution in [2.75, 3.05) is 26.2 Å². The quantitative estimate of drug-likeness (QED) is 0.683. The van der Waals surface area contributed by atoms with Crippen LogP contribution in [0.15, 0.2) is 62.6 Å². The minimum Gasteiger partial charge on any atom is -0.461 e. The molecule has 4 rings (SSSR count). The number of nitrogens with zero attached hydrogens (tertiary/aromatic N) is 3. The molecule has 0 radical (unpaired) electrons. The average molecular weight is 399 g/mol. The Morgan fingerprint density at radius 2 is 1.93 bits per heavy atom. The highest BCUT2D eigenvalue weighted by atomic mass is 32.2. The topological polar surface area (TPSA) is 105 Å². The molecule has 28 heavy (non-hydrogen) atoms. The van der Waals surface area contributed by atoms with Gasteiger partial charge in [-0.1, -0.05) is 17.3 Å². The molecule has 3 aromatic rings. The number of nitriles is 1. The molecule has 0 spiro atoms. The van der Waals surface area contributed by atoms with Crippen molar-refractivity contribution in [3.63, 3.8) is 0 Å². The molecule has 0 aliphatic carbocycles. The van der Waals surface area contributed by atoms with E-state index in [2.05, 4.69) is 5.16 Å². The fourth-order valence-electron chi connectivity index (χ4n) is 3.33. The molecule has 1 N–H and O–H groups in total. The average Bonchev–Trinajstić information content (AvgIpc) is 3.40. The van der Waals surface area contributed by atoms with Gasteiger partial charge in [-0.15, -0.1) is 0 Å². The first-order valence-electron chi connectivity index (χ1n) is 8.90. The lowest BCUT2D eigenvalue weighted by Crippen LogP contribution is -3.13. The largest absolute Gasteiger partial charge is 0.461 e. The van der Waals surface area contributed by atoms with Gasteiger partial charge in [-0.05, 0) is 24.3 Å². The normalized spacial score (nSPS) is 16.1. The third kappa shape index (κ3) is 3.57. The van der Waals surface area contributed by atoms with Crippen LogP contribution in [0.4, 0.5) is 0 Å². The molecule has 1 fully saturated rings. The van der Waals surface area contributed by atoms with E-state index in [0.717, 1.165) is 5.69 Å². The number of furan rings is 1. The highest BCUT2D eigenvalue weighted by molar-refractivity contribution is 7.89. The summed E-state index contributed by atoms with van der Waals surface area (Å²) in [5.41, 5.74) is 0.970. The van der Waals surface area contributed by atoms with Crippen LogP contribution >= 0.6 is 0 Å². The number of hydrogen-bond acceptors (Lipinski definition) is 6. The molecule has 1 aliphatic rings. The van der Waals surface area contributed by atoms with E-state index >= 15 is 0 Å². The smallest absolute Gasteiger partial charge is 0.244 e. The third-order valence-electron chi connectivity index (χ3n) is 4.81. The van der Waals surface area contributed by atoms with Crippen molar-refractivity contribution in [2.45, 2.75) is 11.4 Å².